The SMILES string of the molecule is Nc1ccccc1C(=O)C#CCOCc1ccccc1. The Balaban J connectivity index is 1.83. The van der Waals surface area contributed by atoms with Crippen molar-refractivity contribution in [3.05, 3.63) is 65.7 Å². The van der Waals surface area contributed by atoms with Gasteiger partial charge in [0.25, 0.3) is 0 Å². The second-order valence-electron chi connectivity index (χ2n) is 4.20. The van der Waals surface area contributed by atoms with Gasteiger partial charge >= 0.3 is 0 Å². The first-order valence-corrected chi connectivity index (χ1v) is 6.27. The molecule has 0 bridgehead atoms. The Kier molecular flexibility index (Phi) is 4.94. The number of carbonyl (C=O) groups excluding carboxylic acids is 1. The second kappa shape index (κ2) is 7.13. The highest BCUT2D eigenvalue weighted by molar-refractivity contribution is 6.12. The number of ether oxygens (including phenoxy) is 1. The van der Waals surface area contributed by atoms with E-state index in [4.69, 9.17) is 10.5 Å². The minimum Gasteiger partial charge on any atom is -0.398 e. The van der Waals surface area contributed by atoms with E-state index in [0.29, 0.717) is 17.9 Å². The molecular formula is C17H15NO2. The van der Waals surface area contributed by atoms with Gasteiger partial charge in [-0.05, 0) is 23.6 Å². The summed E-state index contributed by atoms with van der Waals surface area (Å²) in [6, 6.07) is 16.7. The summed E-state index contributed by atoms with van der Waals surface area (Å²) in [6.45, 7) is 0.699. The molecule has 0 aromatic heterocycles. The van der Waals surface area contributed by atoms with Gasteiger partial charge in [-0.25, -0.2) is 0 Å². The van der Waals surface area contributed by atoms with Crippen LogP contribution in [0.15, 0.2) is 54.6 Å². The lowest BCUT2D eigenvalue weighted by Gasteiger charge is -2.00. The lowest BCUT2D eigenvalue weighted by atomic mass is 10.1. The molecule has 0 unspecified atom stereocenters. The molecule has 0 aliphatic rings. The lowest BCUT2D eigenvalue weighted by molar-refractivity contribution is 0.105. The summed E-state index contributed by atoms with van der Waals surface area (Å²) < 4.78 is 5.38. The van der Waals surface area contributed by atoms with Crippen LogP contribution in [0.5, 0.6) is 0 Å². The van der Waals surface area contributed by atoms with E-state index >= 15 is 0 Å². The van der Waals surface area contributed by atoms with Gasteiger partial charge in [-0.15, -0.1) is 0 Å². The Morgan fingerprint density at radius 2 is 1.75 bits per heavy atom. The molecule has 2 rings (SSSR count). The van der Waals surface area contributed by atoms with Crippen LogP contribution in [-0.2, 0) is 11.3 Å². The third-order valence-corrected chi connectivity index (χ3v) is 2.69. The standard InChI is InChI=1S/C17H15NO2/c18-16-10-5-4-9-15(16)17(19)11-6-12-20-13-14-7-2-1-3-8-14/h1-5,7-10H,12-13,18H2. The van der Waals surface area contributed by atoms with E-state index in [2.05, 4.69) is 11.8 Å². The van der Waals surface area contributed by atoms with Gasteiger partial charge in [-0.3, -0.25) is 4.79 Å². The maximum absolute atomic E-state index is 11.8. The Morgan fingerprint density at radius 1 is 1.05 bits per heavy atom. The molecule has 0 atom stereocenters. The van der Waals surface area contributed by atoms with E-state index in [0.717, 1.165) is 5.56 Å². The molecule has 3 nitrogen and oxygen atoms in total. The maximum atomic E-state index is 11.8. The van der Waals surface area contributed by atoms with Crippen LogP contribution >= 0.6 is 0 Å². The summed E-state index contributed by atoms with van der Waals surface area (Å²) in [5.41, 5.74) is 7.66. The molecule has 0 fully saturated rings. The maximum Gasteiger partial charge on any atom is 0.238 e. The van der Waals surface area contributed by atoms with Crippen LogP contribution in [0, 0.1) is 11.8 Å². The molecule has 0 amide bonds. The number of carbonyl (C=O) groups is 1. The Morgan fingerprint density at radius 3 is 2.50 bits per heavy atom. The summed E-state index contributed by atoms with van der Waals surface area (Å²) in [5, 5.41) is 0. The predicted molar refractivity (Wildman–Crippen MR) is 79.1 cm³/mol. The summed E-state index contributed by atoms with van der Waals surface area (Å²) in [5.74, 6) is 4.95. The Hall–Kier alpha value is -2.57. The second-order valence-corrected chi connectivity index (χ2v) is 4.20. The van der Waals surface area contributed by atoms with Crippen LogP contribution in [0.3, 0.4) is 0 Å². The monoisotopic (exact) mass is 265 g/mol. The number of Topliss-reactive ketones (excluding diaryl/α,β-unsaturated/α-hetero) is 1. The molecule has 0 spiro atoms. The first-order valence-electron chi connectivity index (χ1n) is 6.27. The number of hydrogen-bond acceptors (Lipinski definition) is 3. The van der Waals surface area contributed by atoms with Crippen molar-refractivity contribution in [2.24, 2.45) is 0 Å². The number of para-hydroxylation sites is 1. The fourth-order valence-corrected chi connectivity index (χ4v) is 1.68. The number of ketones is 1. The molecule has 3 heteroatoms. The van der Waals surface area contributed by atoms with Gasteiger partial charge < -0.3 is 10.5 Å². The predicted octanol–water partition coefficient (Wildman–Crippen LogP) is 2.67. The number of nitrogens with two attached hydrogens (primary N) is 1. The molecule has 2 N–H and O–H groups in total. The molecule has 0 saturated carbocycles. The third-order valence-electron chi connectivity index (χ3n) is 2.69. The molecule has 0 aliphatic heterocycles. The van der Waals surface area contributed by atoms with E-state index in [1.54, 1.807) is 24.3 Å². The molecule has 0 heterocycles. The molecule has 100 valence electrons. The van der Waals surface area contributed by atoms with Gasteiger partial charge in [0, 0.05) is 5.69 Å². The van der Waals surface area contributed by atoms with Crippen molar-refractivity contribution in [1.29, 1.82) is 0 Å². The summed E-state index contributed by atoms with van der Waals surface area (Å²) in [7, 11) is 0. The molecule has 0 aliphatic carbocycles. The van der Waals surface area contributed by atoms with Crippen LogP contribution in [0.1, 0.15) is 15.9 Å². The smallest absolute Gasteiger partial charge is 0.238 e. The number of benzene rings is 2. The third kappa shape index (κ3) is 3.98. The zero-order chi connectivity index (χ0) is 14.2. The van der Waals surface area contributed by atoms with Crippen LogP contribution < -0.4 is 5.73 Å². The number of anilines is 1. The van der Waals surface area contributed by atoms with E-state index < -0.39 is 0 Å². The van der Waals surface area contributed by atoms with Crippen molar-refractivity contribution in [2.75, 3.05) is 12.3 Å². The van der Waals surface area contributed by atoms with Crippen molar-refractivity contribution < 1.29 is 9.53 Å². The van der Waals surface area contributed by atoms with Gasteiger partial charge in [-0.1, -0.05) is 48.4 Å². The van der Waals surface area contributed by atoms with Crippen LogP contribution in [0.4, 0.5) is 5.69 Å². The molecule has 2 aromatic carbocycles. The van der Waals surface area contributed by atoms with E-state index in [1.807, 2.05) is 30.3 Å². The fraction of sp³-hybridized carbons (Fsp3) is 0.118. The summed E-state index contributed by atoms with van der Waals surface area (Å²) in [6.07, 6.45) is 0. The van der Waals surface area contributed by atoms with E-state index in [9.17, 15) is 4.79 Å². The zero-order valence-corrected chi connectivity index (χ0v) is 11.0. The van der Waals surface area contributed by atoms with E-state index in [-0.39, 0.29) is 12.4 Å². The molecule has 0 radical (unpaired) electrons. The first kappa shape index (κ1) is 13.9. The average Bonchev–Trinajstić information content (AvgIpc) is 2.48. The van der Waals surface area contributed by atoms with Crippen molar-refractivity contribution >= 4 is 11.5 Å². The minimum absolute atomic E-state index is 0.216. The Bertz CT molecular complexity index is 639. The minimum atomic E-state index is -0.286. The van der Waals surface area contributed by atoms with Crippen molar-refractivity contribution in [3.8, 4) is 11.8 Å². The fourth-order valence-electron chi connectivity index (χ4n) is 1.68. The molecule has 20 heavy (non-hydrogen) atoms. The van der Waals surface area contributed by atoms with Gasteiger partial charge in [-0.2, -0.15) is 0 Å². The Labute approximate surface area is 118 Å². The van der Waals surface area contributed by atoms with Crippen LogP contribution in [0.25, 0.3) is 0 Å². The quantitative estimate of drug-likeness (QED) is 0.304. The van der Waals surface area contributed by atoms with Gasteiger partial charge in [0.15, 0.2) is 0 Å². The number of nitrogen functional groups attached to an aromatic ring is 1. The molecular weight excluding hydrogens is 250 g/mol. The van der Waals surface area contributed by atoms with Crippen molar-refractivity contribution in [3.63, 3.8) is 0 Å². The number of hydrogen-bond donors (Lipinski definition) is 1. The lowest BCUT2D eigenvalue weighted by Crippen LogP contribution is -2.01. The number of rotatable bonds is 4. The van der Waals surface area contributed by atoms with Crippen LogP contribution in [0.2, 0.25) is 0 Å². The van der Waals surface area contributed by atoms with E-state index in [1.165, 1.54) is 0 Å². The van der Waals surface area contributed by atoms with Gasteiger partial charge in [0.2, 0.25) is 5.78 Å². The largest absolute Gasteiger partial charge is 0.398 e. The molecule has 0 saturated heterocycles. The highest BCUT2D eigenvalue weighted by Crippen LogP contribution is 2.10. The normalized spacial score (nSPS) is 9.60. The average molecular weight is 265 g/mol. The highest BCUT2D eigenvalue weighted by atomic mass is 16.5. The topological polar surface area (TPSA) is 52.3 Å². The first-order chi connectivity index (χ1) is 9.77. The van der Waals surface area contributed by atoms with Crippen molar-refractivity contribution in [2.45, 2.75) is 6.61 Å². The zero-order valence-electron chi connectivity index (χ0n) is 11.0. The highest BCUT2D eigenvalue weighted by Gasteiger charge is 2.04. The van der Waals surface area contributed by atoms with Gasteiger partial charge in [0.1, 0.15) is 6.61 Å². The van der Waals surface area contributed by atoms with Gasteiger partial charge in [0.05, 0.1) is 12.2 Å². The van der Waals surface area contributed by atoms with Crippen molar-refractivity contribution in [1.82, 2.24) is 0 Å². The molecule has 2 aromatic rings. The summed E-state index contributed by atoms with van der Waals surface area (Å²) in [4.78, 5) is 11.8. The van der Waals surface area contributed by atoms with Crippen LogP contribution in [-0.4, -0.2) is 12.4 Å². The summed E-state index contributed by atoms with van der Waals surface area (Å²) >= 11 is 0.